The number of benzene rings is 3. The van der Waals surface area contributed by atoms with E-state index in [2.05, 4.69) is 33.4 Å². The molecule has 3 N–H and O–H groups in total. The van der Waals surface area contributed by atoms with Gasteiger partial charge in [0.15, 0.2) is 0 Å². The number of amides is 1. The molecular weight excluding hydrogens is 477 g/mol. The first kappa shape index (κ1) is 22.5. The number of halogens is 2. The lowest BCUT2D eigenvalue weighted by Crippen LogP contribution is -2.30. The van der Waals surface area contributed by atoms with E-state index in [1.807, 2.05) is 36.4 Å². The first-order chi connectivity index (χ1) is 15.5. The molecule has 1 amide bonds. The molecule has 0 heterocycles. The van der Waals surface area contributed by atoms with E-state index in [0.717, 1.165) is 28.3 Å². The van der Waals surface area contributed by atoms with Gasteiger partial charge < -0.3 is 20.3 Å². The number of ether oxygens (including phenoxy) is 1. The highest BCUT2D eigenvalue weighted by molar-refractivity contribution is 9.10. The van der Waals surface area contributed by atoms with Gasteiger partial charge in [0, 0.05) is 12.5 Å². The first-order valence-electron chi connectivity index (χ1n) is 10.4. The zero-order chi connectivity index (χ0) is 22.7. The minimum Gasteiger partial charge on any atom is -0.449 e. The monoisotopic (exact) mass is 499 g/mol. The summed E-state index contributed by atoms with van der Waals surface area (Å²) in [5.41, 5.74) is 4.82. The molecule has 32 heavy (non-hydrogen) atoms. The van der Waals surface area contributed by atoms with Crippen LogP contribution in [0.1, 0.15) is 35.1 Å². The van der Waals surface area contributed by atoms with Crippen molar-refractivity contribution in [2.24, 2.45) is 0 Å². The SMILES string of the molecule is O=C(NCCC(O)C(O)c1ccc(Br)c(F)c1)OCC1c2ccccc2-c2ccccc21. The summed E-state index contributed by atoms with van der Waals surface area (Å²) in [4.78, 5) is 12.2. The van der Waals surface area contributed by atoms with E-state index in [0.29, 0.717) is 0 Å². The minimum atomic E-state index is -1.26. The summed E-state index contributed by atoms with van der Waals surface area (Å²) < 4.78 is 19.4. The van der Waals surface area contributed by atoms with E-state index in [4.69, 9.17) is 4.74 Å². The molecule has 3 aromatic rings. The number of aliphatic hydroxyl groups excluding tert-OH is 2. The average molecular weight is 500 g/mol. The fourth-order valence-electron chi connectivity index (χ4n) is 4.05. The van der Waals surface area contributed by atoms with E-state index >= 15 is 0 Å². The van der Waals surface area contributed by atoms with E-state index in [-0.39, 0.29) is 35.5 Å². The number of nitrogens with one attached hydrogen (secondary N) is 1. The quantitative estimate of drug-likeness (QED) is 0.431. The topological polar surface area (TPSA) is 78.8 Å². The molecule has 1 aliphatic rings. The summed E-state index contributed by atoms with van der Waals surface area (Å²) in [6.45, 7) is 0.303. The molecule has 0 spiro atoms. The van der Waals surface area contributed by atoms with E-state index in [1.54, 1.807) is 0 Å². The second kappa shape index (κ2) is 9.81. The Bertz CT molecular complexity index is 1080. The Kier molecular flexibility index (Phi) is 6.89. The van der Waals surface area contributed by atoms with Crippen molar-refractivity contribution >= 4 is 22.0 Å². The number of carbonyl (C=O) groups excluding carboxylic acids is 1. The van der Waals surface area contributed by atoms with Gasteiger partial charge in [-0.2, -0.15) is 0 Å². The van der Waals surface area contributed by atoms with Crippen LogP contribution in [0.25, 0.3) is 11.1 Å². The molecule has 0 saturated heterocycles. The van der Waals surface area contributed by atoms with E-state index < -0.39 is 24.1 Å². The maximum Gasteiger partial charge on any atom is 0.407 e. The smallest absolute Gasteiger partial charge is 0.407 e. The van der Waals surface area contributed by atoms with Crippen LogP contribution >= 0.6 is 15.9 Å². The van der Waals surface area contributed by atoms with Crippen LogP contribution in [-0.4, -0.2) is 35.6 Å². The molecule has 0 aromatic heterocycles. The predicted octanol–water partition coefficient (Wildman–Crippen LogP) is 4.91. The molecule has 0 aliphatic heterocycles. The van der Waals surface area contributed by atoms with Gasteiger partial charge in [-0.3, -0.25) is 0 Å². The van der Waals surface area contributed by atoms with Crippen LogP contribution in [0.15, 0.2) is 71.2 Å². The van der Waals surface area contributed by atoms with Crippen molar-refractivity contribution in [3.8, 4) is 11.1 Å². The highest BCUT2D eigenvalue weighted by atomic mass is 79.9. The summed E-state index contributed by atoms with van der Waals surface area (Å²) in [6.07, 6.45) is -2.93. The van der Waals surface area contributed by atoms with Gasteiger partial charge in [0.1, 0.15) is 18.5 Å². The summed E-state index contributed by atoms with van der Waals surface area (Å²) in [6, 6.07) is 20.3. The normalized spacial score (nSPS) is 14.4. The van der Waals surface area contributed by atoms with Gasteiger partial charge in [-0.25, -0.2) is 9.18 Å². The number of rotatable bonds is 7. The third kappa shape index (κ3) is 4.70. The highest BCUT2D eigenvalue weighted by Crippen LogP contribution is 2.44. The van der Waals surface area contributed by atoms with Gasteiger partial charge in [-0.1, -0.05) is 54.6 Å². The minimum absolute atomic E-state index is 0.0344. The van der Waals surface area contributed by atoms with E-state index in [1.165, 1.54) is 12.1 Å². The van der Waals surface area contributed by atoms with Crippen LogP contribution in [0.2, 0.25) is 0 Å². The van der Waals surface area contributed by atoms with E-state index in [9.17, 15) is 19.4 Å². The first-order valence-corrected chi connectivity index (χ1v) is 11.1. The molecule has 1 aliphatic carbocycles. The van der Waals surface area contributed by atoms with Crippen LogP contribution in [-0.2, 0) is 4.74 Å². The molecular formula is C25H23BrFNO4. The predicted molar refractivity (Wildman–Crippen MR) is 123 cm³/mol. The van der Waals surface area contributed by atoms with Gasteiger partial charge in [0.05, 0.1) is 10.6 Å². The van der Waals surface area contributed by atoms with Gasteiger partial charge in [-0.15, -0.1) is 0 Å². The van der Waals surface area contributed by atoms with Crippen LogP contribution in [0.3, 0.4) is 0 Å². The summed E-state index contributed by atoms with van der Waals surface area (Å²) in [5, 5.41) is 23.0. The second-order valence-electron chi connectivity index (χ2n) is 7.73. The van der Waals surface area contributed by atoms with Crippen LogP contribution in [0.5, 0.6) is 0 Å². The van der Waals surface area contributed by atoms with Crippen molar-refractivity contribution in [1.29, 1.82) is 0 Å². The van der Waals surface area contributed by atoms with Crippen molar-refractivity contribution < 1.29 is 24.1 Å². The lowest BCUT2D eigenvalue weighted by molar-refractivity contribution is 0.0135. The fraction of sp³-hybridized carbons (Fsp3) is 0.240. The van der Waals surface area contributed by atoms with Gasteiger partial charge in [-0.05, 0) is 62.3 Å². The second-order valence-corrected chi connectivity index (χ2v) is 8.58. The van der Waals surface area contributed by atoms with Crippen LogP contribution in [0.4, 0.5) is 9.18 Å². The molecule has 7 heteroatoms. The fourth-order valence-corrected chi connectivity index (χ4v) is 4.29. The lowest BCUT2D eigenvalue weighted by atomic mass is 9.98. The van der Waals surface area contributed by atoms with Crippen molar-refractivity contribution in [2.75, 3.05) is 13.2 Å². The Morgan fingerprint density at radius 3 is 2.28 bits per heavy atom. The number of aliphatic hydroxyl groups is 2. The third-order valence-corrected chi connectivity index (χ3v) is 6.35. The molecule has 3 aromatic carbocycles. The Hall–Kier alpha value is -2.74. The van der Waals surface area contributed by atoms with Crippen molar-refractivity contribution in [3.63, 3.8) is 0 Å². The molecule has 166 valence electrons. The number of hydrogen-bond donors (Lipinski definition) is 3. The van der Waals surface area contributed by atoms with Crippen LogP contribution in [0, 0.1) is 5.82 Å². The average Bonchev–Trinajstić information content (AvgIpc) is 3.12. The van der Waals surface area contributed by atoms with Gasteiger partial charge >= 0.3 is 6.09 Å². The molecule has 4 rings (SSSR count). The molecule has 2 unspecified atom stereocenters. The number of hydrogen-bond acceptors (Lipinski definition) is 4. The zero-order valence-electron chi connectivity index (χ0n) is 17.2. The molecule has 0 saturated carbocycles. The van der Waals surface area contributed by atoms with Crippen molar-refractivity contribution in [2.45, 2.75) is 24.5 Å². The standard InChI is InChI=1S/C25H23BrFNO4/c26-21-10-9-15(13-22(21)27)24(30)23(29)11-12-28-25(31)32-14-20-18-7-3-1-5-16(18)17-6-2-4-8-19(17)20/h1-10,13,20,23-24,29-30H,11-12,14H2,(H,28,31). The number of alkyl carbamates (subject to hydrolysis) is 1. The molecule has 0 radical (unpaired) electrons. The largest absolute Gasteiger partial charge is 0.449 e. The van der Waals surface area contributed by atoms with Crippen LogP contribution < -0.4 is 5.32 Å². The molecule has 0 fully saturated rings. The maximum absolute atomic E-state index is 13.6. The Labute approximate surface area is 194 Å². The third-order valence-electron chi connectivity index (χ3n) is 5.70. The van der Waals surface area contributed by atoms with Gasteiger partial charge in [0.2, 0.25) is 0 Å². The summed E-state index contributed by atoms with van der Waals surface area (Å²) in [7, 11) is 0. The number of carbonyl (C=O) groups is 1. The zero-order valence-corrected chi connectivity index (χ0v) is 18.8. The highest BCUT2D eigenvalue weighted by Gasteiger charge is 2.29. The molecule has 0 bridgehead atoms. The van der Waals surface area contributed by atoms with Gasteiger partial charge in [0.25, 0.3) is 0 Å². The number of fused-ring (bicyclic) bond motifs is 3. The molecule has 2 atom stereocenters. The maximum atomic E-state index is 13.6. The Morgan fingerprint density at radius 1 is 1.03 bits per heavy atom. The molecule has 5 nitrogen and oxygen atoms in total. The van der Waals surface area contributed by atoms with Crippen molar-refractivity contribution in [1.82, 2.24) is 5.32 Å². The Morgan fingerprint density at radius 2 is 1.66 bits per heavy atom. The Balaban J connectivity index is 1.28. The summed E-state index contributed by atoms with van der Waals surface area (Å²) in [5.74, 6) is -0.557. The van der Waals surface area contributed by atoms with Crippen molar-refractivity contribution in [3.05, 3.63) is 93.7 Å². The summed E-state index contributed by atoms with van der Waals surface area (Å²) >= 11 is 3.05. The lowest BCUT2D eigenvalue weighted by Gasteiger charge is -2.19.